The molecular formula is C17H32O8. The van der Waals surface area contributed by atoms with E-state index in [2.05, 4.69) is 10.8 Å². The Morgan fingerprint density at radius 1 is 0.480 bits per heavy atom. The Bertz CT molecular complexity index is 282. The van der Waals surface area contributed by atoms with Crippen LogP contribution >= 0.6 is 0 Å². The zero-order valence-electron chi connectivity index (χ0n) is 15.2. The van der Waals surface area contributed by atoms with E-state index in [-0.39, 0.29) is 0 Å². The van der Waals surface area contributed by atoms with Crippen LogP contribution in [0.25, 0.3) is 0 Å². The van der Waals surface area contributed by atoms with Crippen molar-refractivity contribution in [3.05, 3.63) is 0 Å². The van der Waals surface area contributed by atoms with Crippen molar-refractivity contribution >= 4 is 0 Å². The van der Waals surface area contributed by atoms with E-state index in [1.54, 1.807) is 7.11 Å². The smallest absolute Gasteiger partial charge is 0.123 e. The SMILES string of the molecule is C#COCCOCCOCCOCCOCCOCCOCCOC. The molecule has 0 heterocycles. The van der Waals surface area contributed by atoms with E-state index in [4.69, 9.17) is 39.6 Å². The van der Waals surface area contributed by atoms with Gasteiger partial charge in [-0.3, -0.25) is 0 Å². The first kappa shape index (κ1) is 24.1. The lowest BCUT2D eigenvalue weighted by atomic mass is 10.6. The molecule has 148 valence electrons. The van der Waals surface area contributed by atoms with Gasteiger partial charge in [0.2, 0.25) is 0 Å². The maximum Gasteiger partial charge on any atom is 0.123 e. The molecule has 0 aliphatic rings. The fourth-order valence-electron chi connectivity index (χ4n) is 1.50. The lowest BCUT2D eigenvalue weighted by Gasteiger charge is -2.08. The highest BCUT2D eigenvalue weighted by Gasteiger charge is 1.94. The lowest BCUT2D eigenvalue weighted by Crippen LogP contribution is -2.14. The summed E-state index contributed by atoms with van der Waals surface area (Å²) < 4.78 is 41.5. The lowest BCUT2D eigenvalue weighted by molar-refractivity contribution is -0.0202. The number of rotatable bonds is 21. The summed E-state index contributed by atoms with van der Waals surface area (Å²) in [5, 5.41) is 0. The fraction of sp³-hybridized carbons (Fsp3) is 0.882. The van der Waals surface area contributed by atoms with Crippen molar-refractivity contribution in [2.45, 2.75) is 0 Å². The molecule has 8 nitrogen and oxygen atoms in total. The third-order valence-electron chi connectivity index (χ3n) is 2.70. The van der Waals surface area contributed by atoms with Crippen molar-refractivity contribution in [1.82, 2.24) is 0 Å². The second-order valence-electron chi connectivity index (χ2n) is 4.63. The maximum atomic E-state index is 5.37. The minimum atomic E-state index is 0.396. The Morgan fingerprint density at radius 3 is 1.04 bits per heavy atom. The molecule has 0 N–H and O–H groups in total. The average molecular weight is 364 g/mol. The van der Waals surface area contributed by atoms with E-state index in [9.17, 15) is 0 Å². The molecule has 0 aromatic heterocycles. The van der Waals surface area contributed by atoms with Crippen molar-refractivity contribution in [2.24, 2.45) is 0 Å². The molecule has 0 fully saturated rings. The number of methoxy groups -OCH3 is 1. The van der Waals surface area contributed by atoms with Gasteiger partial charge in [-0.15, -0.1) is 0 Å². The summed E-state index contributed by atoms with van der Waals surface area (Å²) in [6, 6.07) is 0. The molecule has 0 saturated heterocycles. The molecule has 8 heteroatoms. The molecule has 0 aromatic carbocycles. The molecule has 0 spiro atoms. The minimum absolute atomic E-state index is 0.396. The van der Waals surface area contributed by atoms with Crippen molar-refractivity contribution in [1.29, 1.82) is 0 Å². The topological polar surface area (TPSA) is 73.8 Å². The summed E-state index contributed by atoms with van der Waals surface area (Å²) in [7, 11) is 1.64. The second-order valence-corrected chi connectivity index (χ2v) is 4.63. The van der Waals surface area contributed by atoms with E-state index in [0.717, 1.165) is 0 Å². The number of hydrogen-bond donors (Lipinski definition) is 0. The van der Waals surface area contributed by atoms with Crippen LogP contribution in [0.15, 0.2) is 0 Å². The molecule has 0 aliphatic carbocycles. The van der Waals surface area contributed by atoms with Crippen LogP contribution < -0.4 is 0 Å². The van der Waals surface area contributed by atoms with Gasteiger partial charge in [-0.05, 0) is 0 Å². The van der Waals surface area contributed by atoms with Crippen LogP contribution in [0.1, 0.15) is 0 Å². The van der Waals surface area contributed by atoms with Gasteiger partial charge in [0.25, 0.3) is 0 Å². The van der Waals surface area contributed by atoms with Gasteiger partial charge in [0.1, 0.15) is 12.7 Å². The monoisotopic (exact) mass is 364 g/mol. The number of hydrogen-bond acceptors (Lipinski definition) is 8. The highest BCUT2D eigenvalue weighted by atomic mass is 16.6. The third-order valence-corrected chi connectivity index (χ3v) is 2.70. The quantitative estimate of drug-likeness (QED) is 0.213. The Labute approximate surface area is 150 Å². The molecule has 0 aliphatic heterocycles. The molecule has 0 rings (SSSR count). The van der Waals surface area contributed by atoms with Crippen molar-refractivity contribution < 1.29 is 37.9 Å². The number of ether oxygens (including phenoxy) is 8. The van der Waals surface area contributed by atoms with E-state index in [1.165, 1.54) is 0 Å². The van der Waals surface area contributed by atoms with Crippen LogP contribution in [0.2, 0.25) is 0 Å². The van der Waals surface area contributed by atoms with E-state index < -0.39 is 0 Å². The van der Waals surface area contributed by atoms with Crippen molar-refractivity contribution in [2.75, 3.05) is 99.6 Å². The molecule has 0 amide bonds. The van der Waals surface area contributed by atoms with Crippen LogP contribution in [-0.4, -0.2) is 99.6 Å². The van der Waals surface area contributed by atoms with Gasteiger partial charge in [0.05, 0.1) is 85.9 Å². The van der Waals surface area contributed by atoms with E-state index in [0.29, 0.717) is 92.5 Å². The zero-order chi connectivity index (χ0) is 18.3. The second kappa shape index (κ2) is 23.1. The van der Waals surface area contributed by atoms with Gasteiger partial charge in [-0.2, -0.15) is 0 Å². The predicted octanol–water partition coefficient (Wildman–Crippen LogP) is 0.340. The molecule has 0 bridgehead atoms. The van der Waals surface area contributed by atoms with Gasteiger partial charge in [-0.25, -0.2) is 0 Å². The third kappa shape index (κ3) is 23.1. The van der Waals surface area contributed by atoms with Gasteiger partial charge >= 0.3 is 0 Å². The molecule has 0 radical (unpaired) electrons. The Balaban J connectivity index is 2.95. The Hall–Kier alpha value is -0.920. The summed E-state index contributed by atoms with van der Waals surface area (Å²) in [6.07, 6.45) is 7.00. The van der Waals surface area contributed by atoms with Gasteiger partial charge in [0, 0.05) is 7.11 Å². The van der Waals surface area contributed by atoms with Gasteiger partial charge in [0.15, 0.2) is 0 Å². The number of terminal acetylenes is 1. The van der Waals surface area contributed by atoms with Crippen LogP contribution in [0.4, 0.5) is 0 Å². The molecule has 0 saturated carbocycles. The van der Waals surface area contributed by atoms with Gasteiger partial charge < -0.3 is 37.9 Å². The van der Waals surface area contributed by atoms with Crippen LogP contribution in [-0.2, 0) is 37.9 Å². The molecule has 0 unspecified atom stereocenters. The van der Waals surface area contributed by atoms with Crippen LogP contribution in [0, 0.1) is 12.5 Å². The highest BCUT2D eigenvalue weighted by molar-refractivity contribution is 4.67. The Morgan fingerprint density at radius 2 is 0.760 bits per heavy atom. The van der Waals surface area contributed by atoms with Crippen LogP contribution in [0.5, 0.6) is 0 Å². The minimum Gasteiger partial charge on any atom is -0.444 e. The van der Waals surface area contributed by atoms with E-state index >= 15 is 0 Å². The average Bonchev–Trinajstić information content (AvgIpc) is 2.63. The maximum absolute atomic E-state index is 5.37. The molecule has 0 aromatic rings. The molecule has 25 heavy (non-hydrogen) atoms. The normalized spacial score (nSPS) is 10.7. The van der Waals surface area contributed by atoms with Crippen molar-refractivity contribution in [3.8, 4) is 12.5 Å². The highest BCUT2D eigenvalue weighted by Crippen LogP contribution is 1.85. The fourth-order valence-corrected chi connectivity index (χ4v) is 1.50. The molecule has 0 atom stereocenters. The summed E-state index contributed by atoms with van der Waals surface area (Å²) >= 11 is 0. The first-order valence-electron chi connectivity index (χ1n) is 8.44. The summed E-state index contributed by atoms with van der Waals surface area (Å²) in [4.78, 5) is 0. The summed E-state index contributed by atoms with van der Waals surface area (Å²) in [5.41, 5.74) is 0. The molecular weight excluding hydrogens is 332 g/mol. The zero-order valence-corrected chi connectivity index (χ0v) is 15.2. The Kier molecular flexibility index (Phi) is 22.2. The first-order chi connectivity index (χ1) is 12.4. The van der Waals surface area contributed by atoms with E-state index in [1.807, 2.05) is 0 Å². The predicted molar refractivity (Wildman–Crippen MR) is 91.6 cm³/mol. The van der Waals surface area contributed by atoms with Gasteiger partial charge in [-0.1, -0.05) is 6.42 Å². The summed E-state index contributed by atoms with van der Waals surface area (Å²) in [6.45, 7) is 7.40. The summed E-state index contributed by atoms with van der Waals surface area (Å²) in [5.74, 6) is 0. The van der Waals surface area contributed by atoms with Crippen LogP contribution in [0.3, 0.4) is 0 Å². The van der Waals surface area contributed by atoms with Crippen molar-refractivity contribution in [3.63, 3.8) is 0 Å². The largest absolute Gasteiger partial charge is 0.444 e. The standard InChI is InChI=1S/C17H32O8/c1-3-19-6-7-21-10-11-23-14-15-25-17-16-24-13-12-22-9-8-20-5-4-18-2/h1H,4-17H2,2H3. The first-order valence-corrected chi connectivity index (χ1v) is 8.44.